The monoisotopic (exact) mass is 318 g/mol. The van der Waals surface area contributed by atoms with Crippen LogP contribution >= 0.6 is 11.3 Å². The highest BCUT2D eigenvalue weighted by Crippen LogP contribution is 2.28. The lowest BCUT2D eigenvalue weighted by Crippen LogP contribution is -2.31. The van der Waals surface area contributed by atoms with E-state index in [1.807, 2.05) is 29.1 Å². The van der Waals surface area contributed by atoms with Gasteiger partial charge in [0.15, 0.2) is 0 Å². The Labute approximate surface area is 135 Å². The number of hydrogen-bond acceptors (Lipinski definition) is 5. The van der Waals surface area contributed by atoms with Crippen LogP contribution in [0.4, 0.5) is 5.69 Å². The minimum absolute atomic E-state index is 0.410. The van der Waals surface area contributed by atoms with Gasteiger partial charge in [0.1, 0.15) is 12.4 Å². The number of benzene rings is 1. The first-order chi connectivity index (χ1) is 10.8. The SMILES string of the molecule is CC(Nc1ccccc1OCc1cscn1)C1CCOCC1. The highest BCUT2D eigenvalue weighted by molar-refractivity contribution is 7.07. The first-order valence-electron chi connectivity index (χ1n) is 7.76. The van der Waals surface area contributed by atoms with Crippen LogP contribution in [0.3, 0.4) is 0 Å². The number of ether oxygens (including phenoxy) is 2. The number of thiazole rings is 1. The molecule has 1 aromatic heterocycles. The second-order valence-corrected chi connectivity index (χ2v) is 6.37. The molecule has 0 amide bonds. The average Bonchev–Trinajstić information content (AvgIpc) is 3.08. The Balaban J connectivity index is 1.62. The van der Waals surface area contributed by atoms with Crippen molar-refractivity contribution in [2.24, 2.45) is 5.92 Å². The van der Waals surface area contributed by atoms with Crippen molar-refractivity contribution in [2.45, 2.75) is 32.4 Å². The summed E-state index contributed by atoms with van der Waals surface area (Å²) in [6.45, 7) is 4.50. The van der Waals surface area contributed by atoms with Gasteiger partial charge in [-0.25, -0.2) is 4.98 Å². The van der Waals surface area contributed by atoms with Crippen LogP contribution in [0, 0.1) is 5.92 Å². The quantitative estimate of drug-likeness (QED) is 0.876. The molecule has 1 fully saturated rings. The summed E-state index contributed by atoms with van der Waals surface area (Å²) < 4.78 is 11.4. The summed E-state index contributed by atoms with van der Waals surface area (Å²) in [5, 5.41) is 5.63. The van der Waals surface area contributed by atoms with Crippen LogP contribution in [0.2, 0.25) is 0 Å². The van der Waals surface area contributed by atoms with E-state index in [1.165, 1.54) is 0 Å². The van der Waals surface area contributed by atoms with Gasteiger partial charge in [-0.1, -0.05) is 12.1 Å². The molecule has 1 N–H and O–H groups in total. The third kappa shape index (κ3) is 3.99. The molecule has 118 valence electrons. The van der Waals surface area contributed by atoms with Gasteiger partial charge in [-0.2, -0.15) is 0 Å². The largest absolute Gasteiger partial charge is 0.485 e. The van der Waals surface area contributed by atoms with Gasteiger partial charge >= 0.3 is 0 Å². The Hall–Kier alpha value is -1.59. The molecule has 2 heterocycles. The maximum Gasteiger partial charge on any atom is 0.142 e. The number of para-hydroxylation sites is 2. The van der Waals surface area contributed by atoms with E-state index in [2.05, 4.69) is 23.3 Å². The Morgan fingerprint density at radius 3 is 2.95 bits per heavy atom. The van der Waals surface area contributed by atoms with Crippen molar-refractivity contribution >= 4 is 17.0 Å². The third-order valence-electron chi connectivity index (χ3n) is 4.10. The van der Waals surface area contributed by atoms with Crippen molar-refractivity contribution < 1.29 is 9.47 Å². The first-order valence-corrected chi connectivity index (χ1v) is 8.70. The van der Waals surface area contributed by atoms with Gasteiger partial charge in [0.2, 0.25) is 0 Å². The standard InChI is InChI=1S/C17H22N2O2S/c1-13(14-6-8-20-9-7-14)19-16-4-2-3-5-17(16)21-10-15-11-22-12-18-15/h2-5,11-14,19H,6-10H2,1H3. The van der Waals surface area contributed by atoms with E-state index >= 15 is 0 Å². The van der Waals surface area contributed by atoms with E-state index in [-0.39, 0.29) is 0 Å². The van der Waals surface area contributed by atoms with Gasteiger partial charge in [-0.05, 0) is 37.8 Å². The summed E-state index contributed by atoms with van der Waals surface area (Å²) in [5.74, 6) is 1.54. The molecule has 1 saturated heterocycles. The molecule has 1 aliphatic rings. The Morgan fingerprint density at radius 2 is 2.18 bits per heavy atom. The first kappa shape index (κ1) is 15.3. The van der Waals surface area contributed by atoms with Crippen molar-refractivity contribution in [2.75, 3.05) is 18.5 Å². The average molecular weight is 318 g/mol. The third-order valence-corrected chi connectivity index (χ3v) is 4.74. The lowest BCUT2D eigenvalue weighted by molar-refractivity contribution is 0.0622. The van der Waals surface area contributed by atoms with Gasteiger partial charge in [0.25, 0.3) is 0 Å². The molecule has 4 nitrogen and oxygen atoms in total. The fraction of sp³-hybridized carbons (Fsp3) is 0.471. The summed E-state index contributed by atoms with van der Waals surface area (Å²) in [5.41, 5.74) is 3.85. The van der Waals surface area contributed by atoms with Crippen LogP contribution < -0.4 is 10.1 Å². The number of rotatable bonds is 6. The van der Waals surface area contributed by atoms with Gasteiger partial charge in [0.05, 0.1) is 16.9 Å². The van der Waals surface area contributed by atoms with Crippen LogP contribution in [0.5, 0.6) is 5.75 Å². The van der Waals surface area contributed by atoms with Crippen molar-refractivity contribution in [3.63, 3.8) is 0 Å². The zero-order valence-corrected chi connectivity index (χ0v) is 13.6. The fourth-order valence-electron chi connectivity index (χ4n) is 2.75. The smallest absolute Gasteiger partial charge is 0.142 e. The molecule has 5 heteroatoms. The van der Waals surface area contributed by atoms with Crippen molar-refractivity contribution in [1.82, 2.24) is 4.98 Å². The van der Waals surface area contributed by atoms with Crippen LogP contribution in [-0.2, 0) is 11.3 Å². The minimum atomic E-state index is 0.410. The second-order valence-electron chi connectivity index (χ2n) is 5.65. The Morgan fingerprint density at radius 1 is 1.36 bits per heavy atom. The summed E-state index contributed by atoms with van der Waals surface area (Å²) in [7, 11) is 0. The summed E-state index contributed by atoms with van der Waals surface area (Å²) >= 11 is 1.59. The van der Waals surface area contributed by atoms with Crippen LogP contribution in [0.25, 0.3) is 0 Å². The maximum atomic E-state index is 5.93. The molecule has 0 radical (unpaired) electrons. The summed E-state index contributed by atoms with van der Waals surface area (Å²) in [6.07, 6.45) is 2.24. The van der Waals surface area contributed by atoms with E-state index in [4.69, 9.17) is 9.47 Å². The molecule has 2 aromatic rings. The number of hydrogen-bond donors (Lipinski definition) is 1. The summed E-state index contributed by atoms with van der Waals surface area (Å²) in [4.78, 5) is 4.25. The molecule has 0 saturated carbocycles. The van der Waals surface area contributed by atoms with E-state index in [9.17, 15) is 0 Å². The normalized spacial score (nSPS) is 17.1. The van der Waals surface area contributed by atoms with Gasteiger partial charge in [-0.15, -0.1) is 11.3 Å². The zero-order chi connectivity index (χ0) is 15.2. The molecule has 0 aliphatic carbocycles. The minimum Gasteiger partial charge on any atom is -0.485 e. The van der Waals surface area contributed by atoms with Crippen LogP contribution in [-0.4, -0.2) is 24.2 Å². The molecule has 0 bridgehead atoms. The van der Waals surface area contributed by atoms with Crippen LogP contribution in [0.1, 0.15) is 25.5 Å². The predicted molar refractivity (Wildman–Crippen MR) is 89.5 cm³/mol. The van der Waals surface area contributed by atoms with Gasteiger partial charge in [-0.3, -0.25) is 0 Å². The van der Waals surface area contributed by atoms with Crippen molar-refractivity contribution in [3.05, 3.63) is 40.8 Å². The van der Waals surface area contributed by atoms with Gasteiger partial charge in [0, 0.05) is 24.6 Å². The molecule has 22 heavy (non-hydrogen) atoms. The molecule has 1 unspecified atom stereocenters. The second kappa shape index (κ2) is 7.61. The van der Waals surface area contributed by atoms with Gasteiger partial charge < -0.3 is 14.8 Å². The number of aromatic nitrogens is 1. The van der Waals surface area contributed by atoms with E-state index in [0.717, 1.165) is 43.2 Å². The zero-order valence-electron chi connectivity index (χ0n) is 12.8. The molecular formula is C17H22N2O2S. The Bertz CT molecular complexity index is 568. The molecular weight excluding hydrogens is 296 g/mol. The predicted octanol–water partition coefficient (Wildman–Crippen LogP) is 3.95. The topological polar surface area (TPSA) is 43.4 Å². The highest BCUT2D eigenvalue weighted by Gasteiger charge is 2.21. The number of nitrogens with zero attached hydrogens (tertiary/aromatic N) is 1. The number of nitrogens with one attached hydrogen (secondary N) is 1. The molecule has 3 rings (SSSR count). The van der Waals surface area contributed by atoms with Crippen LogP contribution in [0.15, 0.2) is 35.2 Å². The molecule has 1 aliphatic heterocycles. The van der Waals surface area contributed by atoms with E-state index in [0.29, 0.717) is 18.6 Å². The summed E-state index contributed by atoms with van der Waals surface area (Å²) in [6, 6.07) is 8.53. The molecule has 0 spiro atoms. The number of anilines is 1. The molecule has 1 aromatic carbocycles. The lowest BCUT2D eigenvalue weighted by atomic mass is 9.93. The fourth-order valence-corrected chi connectivity index (χ4v) is 3.29. The Kier molecular flexibility index (Phi) is 5.29. The highest BCUT2D eigenvalue weighted by atomic mass is 32.1. The molecule has 1 atom stereocenters. The van der Waals surface area contributed by atoms with E-state index < -0.39 is 0 Å². The maximum absolute atomic E-state index is 5.93. The van der Waals surface area contributed by atoms with Crippen molar-refractivity contribution in [1.29, 1.82) is 0 Å². The van der Waals surface area contributed by atoms with Crippen molar-refractivity contribution in [3.8, 4) is 5.75 Å². The van der Waals surface area contributed by atoms with E-state index in [1.54, 1.807) is 11.3 Å². The lowest BCUT2D eigenvalue weighted by Gasteiger charge is -2.29.